The van der Waals surface area contributed by atoms with Gasteiger partial charge >= 0.3 is 0 Å². The lowest BCUT2D eigenvalue weighted by Crippen LogP contribution is -2.40. The van der Waals surface area contributed by atoms with E-state index in [1.807, 2.05) is 11.0 Å². The number of halogens is 1. The van der Waals surface area contributed by atoms with Crippen molar-refractivity contribution in [3.8, 4) is 6.07 Å². The van der Waals surface area contributed by atoms with E-state index in [0.29, 0.717) is 17.7 Å². The molecule has 4 heteroatoms. The smallest absolute Gasteiger partial charge is 0.137 e. The summed E-state index contributed by atoms with van der Waals surface area (Å²) in [6.45, 7) is 1.20. The second-order valence-electron chi connectivity index (χ2n) is 4.59. The summed E-state index contributed by atoms with van der Waals surface area (Å²) in [6, 6.07) is 6.22. The van der Waals surface area contributed by atoms with Crippen LogP contribution in [0, 0.1) is 17.1 Å². The quantitative estimate of drug-likeness (QED) is 0.768. The Hall–Kier alpha value is -1.73. The van der Waals surface area contributed by atoms with Crippen molar-refractivity contribution in [2.24, 2.45) is 0 Å². The molecular weight excluding hydrogens is 231 g/mol. The van der Waals surface area contributed by atoms with Gasteiger partial charge in [-0.3, -0.25) is 4.90 Å². The highest BCUT2D eigenvalue weighted by Crippen LogP contribution is 2.20. The SMILES string of the molecule is N#Cc1ccc(F)c(CN2CCCCC2C=O)c1. The van der Waals surface area contributed by atoms with E-state index in [2.05, 4.69) is 0 Å². The molecule has 0 amide bonds. The van der Waals surface area contributed by atoms with E-state index in [1.165, 1.54) is 12.1 Å². The Bertz CT molecular complexity index is 481. The fraction of sp³-hybridized carbons (Fsp3) is 0.429. The second kappa shape index (κ2) is 5.74. The van der Waals surface area contributed by atoms with Gasteiger partial charge in [-0.25, -0.2) is 4.39 Å². The van der Waals surface area contributed by atoms with Gasteiger partial charge in [0.15, 0.2) is 0 Å². The molecule has 1 aromatic carbocycles. The second-order valence-corrected chi connectivity index (χ2v) is 4.59. The first-order valence-electron chi connectivity index (χ1n) is 6.12. The first-order valence-corrected chi connectivity index (χ1v) is 6.12. The van der Waals surface area contributed by atoms with Crippen LogP contribution in [0.5, 0.6) is 0 Å². The Labute approximate surface area is 106 Å². The van der Waals surface area contributed by atoms with Crippen LogP contribution in [-0.2, 0) is 11.3 Å². The molecule has 0 N–H and O–H groups in total. The van der Waals surface area contributed by atoms with Crippen LogP contribution in [-0.4, -0.2) is 23.8 Å². The maximum Gasteiger partial charge on any atom is 0.137 e. The fourth-order valence-electron chi connectivity index (χ4n) is 2.35. The lowest BCUT2D eigenvalue weighted by Gasteiger charge is -2.32. The summed E-state index contributed by atoms with van der Waals surface area (Å²) in [4.78, 5) is 13.0. The maximum atomic E-state index is 13.7. The topological polar surface area (TPSA) is 44.1 Å². The van der Waals surface area contributed by atoms with E-state index in [0.717, 1.165) is 32.1 Å². The van der Waals surface area contributed by atoms with E-state index in [4.69, 9.17) is 5.26 Å². The Balaban J connectivity index is 2.17. The van der Waals surface area contributed by atoms with Crippen molar-refractivity contribution < 1.29 is 9.18 Å². The Morgan fingerprint density at radius 1 is 1.50 bits per heavy atom. The number of nitriles is 1. The number of carbonyl (C=O) groups is 1. The van der Waals surface area contributed by atoms with Crippen molar-refractivity contribution in [3.63, 3.8) is 0 Å². The standard InChI is InChI=1S/C14H15FN2O/c15-14-5-4-11(8-16)7-12(14)9-17-6-2-1-3-13(17)10-18/h4-5,7,10,13H,1-3,6,9H2. The normalized spacial score (nSPS) is 20.3. The number of rotatable bonds is 3. The number of benzene rings is 1. The molecule has 1 unspecified atom stereocenters. The van der Waals surface area contributed by atoms with Gasteiger partial charge in [0.05, 0.1) is 17.7 Å². The van der Waals surface area contributed by atoms with Crippen molar-refractivity contribution in [3.05, 3.63) is 35.1 Å². The van der Waals surface area contributed by atoms with E-state index < -0.39 is 0 Å². The van der Waals surface area contributed by atoms with Crippen LogP contribution in [0.4, 0.5) is 4.39 Å². The number of piperidine rings is 1. The Kier molecular flexibility index (Phi) is 4.06. The molecule has 0 aromatic heterocycles. The number of hydrogen-bond donors (Lipinski definition) is 0. The van der Waals surface area contributed by atoms with Crippen molar-refractivity contribution in [1.29, 1.82) is 5.26 Å². The van der Waals surface area contributed by atoms with Gasteiger partial charge in [-0.1, -0.05) is 6.42 Å². The van der Waals surface area contributed by atoms with Gasteiger partial charge in [-0.2, -0.15) is 5.26 Å². The van der Waals surface area contributed by atoms with E-state index in [1.54, 1.807) is 6.07 Å². The third-order valence-corrected chi connectivity index (χ3v) is 3.37. The zero-order valence-electron chi connectivity index (χ0n) is 10.1. The zero-order valence-corrected chi connectivity index (χ0v) is 10.1. The van der Waals surface area contributed by atoms with Gasteiger partial charge in [0, 0.05) is 12.1 Å². The highest BCUT2D eigenvalue weighted by Gasteiger charge is 2.22. The van der Waals surface area contributed by atoms with Crippen LogP contribution in [0.15, 0.2) is 18.2 Å². The van der Waals surface area contributed by atoms with E-state index in [-0.39, 0.29) is 11.9 Å². The highest BCUT2D eigenvalue weighted by atomic mass is 19.1. The molecule has 0 bridgehead atoms. The molecule has 1 aliphatic heterocycles. The first kappa shape index (κ1) is 12.7. The molecule has 0 radical (unpaired) electrons. The average Bonchev–Trinajstić information content (AvgIpc) is 2.42. The lowest BCUT2D eigenvalue weighted by atomic mass is 10.0. The lowest BCUT2D eigenvalue weighted by molar-refractivity contribution is -0.113. The molecule has 1 saturated heterocycles. The van der Waals surface area contributed by atoms with Crippen LogP contribution >= 0.6 is 0 Å². The summed E-state index contributed by atoms with van der Waals surface area (Å²) in [7, 11) is 0. The minimum absolute atomic E-state index is 0.121. The summed E-state index contributed by atoms with van der Waals surface area (Å²) < 4.78 is 13.7. The molecular formula is C14H15FN2O. The number of nitrogens with zero attached hydrogens (tertiary/aromatic N) is 2. The van der Waals surface area contributed by atoms with E-state index in [9.17, 15) is 9.18 Å². The molecule has 1 atom stereocenters. The predicted octanol–water partition coefficient (Wildman–Crippen LogP) is 2.25. The van der Waals surface area contributed by atoms with Crippen LogP contribution in [0.2, 0.25) is 0 Å². The van der Waals surface area contributed by atoms with Gasteiger partial charge in [0.1, 0.15) is 12.1 Å². The molecule has 94 valence electrons. The third-order valence-electron chi connectivity index (χ3n) is 3.37. The summed E-state index contributed by atoms with van der Waals surface area (Å²) in [5.41, 5.74) is 0.939. The summed E-state index contributed by atoms with van der Waals surface area (Å²) in [6.07, 6.45) is 3.85. The van der Waals surface area contributed by atoms with Gasteiger partial charge < -0.3 is 4.79 Å². The first-order chi connectivity index (χ1) is 8.74. The maximum absolute atomic E-state index is 13.7. The molecule has 2 rings (SSSR count). The van der Waals surface area contributed by atoms with Gasteiger partial charge in [-0.05, 0) is 37.6 Å². The fourth-order valence-corrected chi connectivity index (χ4v) is 2.35. The monoisotopic (exact) mass is 246 g/mol. The summed E-state index contributed by atoms with van der Waals surface area (Å²) >= 11 is 0. The van der Waals surface area contributed by atoms with Gasteiger partial charge in [0.2, 0.25) is 0 Å². The van der Waals surface area contributed by atoms with E-state index >= 15 is 0 Å². The molecule has 1 aromatic rings. The third kappa shape index (κ3) is 2.74. The van der Waals surface area contributed by atoms with Crippen LogP contribution in [0.3, 0.4) is 0 Å². The highest BCUT2D eigenvalue weighted by molar-refractivity contribution is 5.57. The molecule has 18 heavy (non-hydrogen) atoms. The predicted molar refractivity (Wildman–Crippen MR) is 65.2 cm³/mol. The zero-order chi connectivity index (χ0) is 13.0. The average molecular weight is 246 g/mol. The summed E-state index contributed by atoms with van der Waals surface area (Å²) in [5, 5.41) is 8.81. The number of carbonyl (C=O) groups excluding carboxylic acids is 1. The molecule has 1 aliphatic rings. The van der Waals surface area contributed by atoms with Crippen LogP contribution in [0.25, 0.3) is 0 Å². The van der Waals surface area contributed by atoms with Crippen LogP contribution in [0.1, 0.15) is 30.4 Å². The molecule has 3 nitrogen and oxygen atoms in total. The summed E-state index contributed by atoms with van der Waals surface area (Å²) in [5.74, 6) is -0.316. The minimum atomic E-state index is -0.316. The van der Waals surface area contributed by atoms with Crippen molar-refractivity contribution in [1.82, 2.24) is 4.90 Å². The van der Waals surface area contributed by atoms with Crippen molar-refractivity contribution >= 4 is 6.29 Å². The molecule has 0 saturated carbocycles. The molecule has 1 fully saturated rings. The number of hydrogen-bond acceptors (Lipinski definition) is 3. The molecule has 0 aliphatic carbocycles. The van der Waals surface area contributed by atoms with Gasteiger partial charge in [0.25, 0.3) is 0 Å². The van der Waals surface area contributed by atoms with Crippen LogP contribution < -0.4 is 0 Å². The number of likely N-dealkylation sites (tertiary alicyclic amines) is 1. The largest absolute Gasteiger partial charge is 0.302 e. The Morgan fingerprint density at radius 3 is 3.06 bits per heavy atom. The van der Waals surface area contributed by atoms with Crippen molar-refractivity contribution in [2.45, 2.75) is 31.8 Å². The van der Waals surface area contributed by atoms with Crippen molar-refractivity contribution in [2.75, 3.05) is 6.54 Å². The molecule has 0 spiro atoms. The minimum Gasteiger partial charge on any atom is -0.302 e. The number of aldehydes is 1. The molecule has 1 heterocycles. The Morgan fingerprint density at radius 2 is 2.33 bits per heavy atom. The van der Waals surface area contributed by atoms with Gasteiger partial charge in [-0.15, -0.1) is 0 Å².